The Labute approximate surface area is 120 Å². The zero-order valence-corrected chi connectivity index (χ0v) is 12.3. The Hall–Kier alpha value is -1.20. The summed E-state index contributed by atoms with van der Waals surface area (Å²) in [6.07, 6.45) is 7.67. The molecule has 0 aromatic carbocycles. The van der Waals surface area contributed by atoms with Crippen molar-refractivity contribution in [2.24, 2.45) is 0 Å². The third-order valence-electron chi connectivity index (χ3n) is 3.97. The van der Waals surface area contributed by atoms with Crippen LogP contribution in [-0.4, -0.2) is 40.8 Å². The van der Waals surface area contributed by atoms with E-state index in [0.717, 1.165) is 19.6 Å². The molecule has 0 spiro atoms. The quantitative estimate of drug-likeness (QED) is 0.795. The van der Waals surface area contributed by atoms with E-state index in [1.807, 2.05) is 6.92 Å². The molecular weight excluding hydrogens is 254 g/mol. The Morgan fingerprint density at radius 3 is 2.95 bits per heavy atom. The van der Waals surface area contributed by atoms with Gasteiger partial charge in [0.05, 0.1) is 6.10 Å². The van der Waals surface area contributed by atoms with Crippen LogP contribution in [0.2, 0.25) is 0 Å². The van der Waals surface area contributed by atoms with Crippen molar-refractivity contribution in [3.8, 4) is 0 Å². The zero-order valence-electron chi connectivity index (χ0n) is 12.3. The van der Waals surface area contributed by atoms with Gasteiger partial charge in [-0.2, -0.15) is 4.98 Å². The summed E-state index contributed by atoms with van der Waals surface area (Å²) in [4.78, 5) is 6.76. The van der Waals surface area contributed by atoms with Gasteiger partial charge in [-0.05, 0) is 39.5 Å². The van der Waals surface area contributed by atoms with Gasteiger partial charge in [-0.15, -0.1) is 0 Å². The minimum atomic E-state index is -0.0934. The number of hydrogen-bond donors (Lipinski definition) is 0. The van der Waals surface area contributed by atoms with E-state index in [0.29, 0.717) is 11.7 Å². The van der Waals surface area contributed by atoms with Crippen LogP contribution in [0.4, 0.5) is 0 Å². The molecule has 2 heterocycles. The lowest BCUT2D eigenvalue weighted by molar-refractivity contribution is -0.0885. The smallest absolute Gasteiger partial charge is 0.257 e. The molecule has 1 saturated heterocycles. The van der Waals surface area contributed by atoms with E-state index in [-0.39, 0.29) is 12.2 Å². The lowest BCUT2D eigenvalue weighted by Crippen LogP contribution is -2.43. The van der Waals surface area contributed by atoms with Gasteiger partial charge in [0.2, 0.25) is 0 Å². The van der Waals surface area contributed by atoms with E-state index in [1.165, 1.54) is 25.7 Å². The number of nitrogens with zero attached hydrogens (tertiary/aromatic N) is 3. The van der Waals surface area contributed by atoms with Crippen LogP contribution >= 0.6 is 0 Å². The van der Waals surface area contributed by atoms with Gasteiger partial charge in [-0.3, -0.25) is 4.90 Å². The second-order valence-electron chi connectivity index (χ2n) is 5.92. The van der Waals surface area contributed by atoms with Gasteiger partial charge in [0.15, 0.2) is 5.82 Å². The van der Waals surface area contributed by atoms with Crippen molar-refractivity contribution in [2.45, 2.75) is 51.7 Å². The van der Waals surface area contributed by atoms with Gasteiger partial charge in [0.25, 0.3) is 5.89 Å². The first-order chi connectivity index (χ1) is 9.70. The van der Waals surface area contributed by atoms with E-state index in [1.54, 1.807) is 5.57 Å². The number of hydrogen-bond acceptors (Lipinski definition) is 5. The van der Waals surface area contributed by atoms with E-state index < -0.39 is 0 Å². The first kappa shape index (κ1) is 13.8. The predicted octanol–water partition coefficient (Wildman–Crippen LogP) is 2.64. The Morgan fingerprint density at radius 1 is 1.35 bits per heavy atom. The standard InChI is InChI=1S/C15H23N3O2/c1-11-8-18(9-13-6-4-3-5-7-13)10-14(19-11)15-16-12(2)17-20-15/h6,11,14H,3-5,7-10H2,1-2H3/t11-,14-/m1/s1. The van der Waals surface area contributed by atoms with Gasteiger partial charge in [-0.25, -0.2) is 0 Å². The van der Waals surface area contributed by atoms with Crippen LogP contribution in [-0.2, 0) is 4.74 Å². The van der Waals surface area contributed by atoms with Crippen LogP contribution < -0.4 is 0 Å². The number of rotatable bonds is 3. The lowest BCUT2D eigenvalue weighted by atomic mass is 9.99. The van der Waals surface area contributed by atoms with Crippen LogP contribution in [0.5, 0.6) is 0 Å². The monoisotopic (exact) mass is 277 g/mol. The van der Waals surface area contributed by atoms with Crippen molar-refractivity contribution in [2.75, 3.05) is 19.6 Å². The maximum atomic E-state index is 5.95. The lowest BCUT2D eigenvalue weighted by Gasteiger charge is -2.36. The predicted molar refractivity (Wildman–Crippen MR) is 75.3 cm³/mol. The molecule has 0 saturated carbocycles. The van der Waals surface area contributed by atoms with Crippen LogP contribution in [0.25, 0.3) is 0 Å². The first-order valence-corrected chi connectivity index (χ1v) is 7.56. The summed E-state index contributed by atoms with van der Waals surface area (Å²) >= 11 is 0. The van der Waals surface area contributed by atoms with Crippen molar-refractivity contribution in [3.63, 3.8) is 0 Å². The van der Waals surface area contributed by atoms with Gasteiger partial charge in [-0.1, -0.05) is 16.8 Å². The molecule has 0 bridgehead atoms. The normalized spacial score (nSPS) is 28.4. The summed E-state index contributed by atoms with van der Waals surface area (Å²) in [6, 6.07) is 0. The average molecular weight is 277 g/mol. The van der Waals surface area contributed by atoms with E-state index in [2.05, 4.69) is 28.0 Å². The van der Waals surface area contributed by atoms with Crippen molar-refractivity contribution in [1.29, 1.82) is 0 Å². The average Bonchev–Trinajstić information content (AvgIpc) is 2.86. The summed E-state index contributed by atoms with van der Waals surface area (Å²) in [7, 11) is 0. The van der Waals surface area contributed by atoms with E-state index in [4.69, 9.17) is 9.26 Å². The highest BCUT2D eigenvalue weighted by Crippen LogP contribution is 2.26. The molecule has 20 heavy (non-hydrogen) atoms. The number of aryl methyl sites for hydroxylation is 1. The molecule has 1 aliphatic carbocycles. The zero-order chi connectivity index (χ0) is 13.9. The molecule has 0 unspecified atom stereocenters. The molecule has 5 heteroatoms. The molecule has 0 N–H and O–H groups in total. The van der Waals surface area contributed by atoms with Gasteiger partial charge >= 0.3 is 0 Å². The van der Waals surface area contributed by atoms with Gasteiger partial charge in [0, 0.05) is 19.6 Å². The van der Waals surface area contributed by atoms with E-state index in [9.17, 15) is 0 Å². The third-order valence-corrected chi connectivity index (χ3v) is 3.97. The van der Waals surface area contributed by atoms with Crippen LogP contribution in [0.15, 0.2) is 16.2 Å². The van der Waals surface area contributed by atoms with Crippen molar-refractivity contribution >= 4 is 0 Å². The molecule has 1 aromatic heterocycles. The summed E-state index contributed by atoms with van der Waals surface area (Å²) in [5.41, 5.74) is 1.57. The molecule has 1 fully saturated rings. The van der Waals surface area contributed by atoms with E-state index >= 15 is 0 Å². The highest BCUT2D eigenvalue weighted by Gasteiger charge is 2.30. The molecule has 3 rings (SSSR count). The summed E-state index contributed by atoms with van der Waals surface area (Å²) < 4.78 is 11.2. The number of morpholine rings is 1. The molecule has 110 valence electrons. The van der Waals surface area contributed by atoms with Crippen molar-refractivity contribution < 1.29 is 9.26 Å². The first-order valence-electron chi connectivity index (χ1n) is 7.56. The molecular formula is C15H23N3O2. The molecule has 5 nitrogen and oxygen atoms in total. The third kappa shape index (κ3) is 3.27. The summed E-state index contributed by atoms with van der Waals surface area (Å²) in [5.74, 6) is 1.28. The van der Waals surface area contributed by atoms with Crippen LogP contribution in [0.3, 0.4) is 0 Å². The molecule has 0 radical (unpaired) electrons. The molecule has 2 atom stereocenters. The van der Waals surface area contributed by atoms with Crippen molar-refractivity contribution in [3.05, 3.63) is 23.4 Å². The minimum Gasteiger partial charge on any atom is -0.363 e. The summed E-state index contributed by atoms with van der Waals surface area (Å²) in [6.45, 7) is 6.81. The Bertz CT molecular complexity index is 483. The largest absolute Gasteiger partial charge is 0.363 e. The topological polar surface area (TPSA) is 51.4 Å². The van der Waals surface area contributed by atoms with Crippen LogP contribution in [0.1, 0.15) is 50.4 Å². The fourth-order valence-corrected chi connectivity index (χ4v) is 3.08. The second-order valence-corrected chi connectivity index (χ2v) is 5.92. The maximum Gasteiger partial charge on any atom is 0.257 e. The van der Waals surface area contributed by atoms with Crippen LogP contribution in [0, 0.1) is 6.92 Å². The Morgan fingerprint density at radius 2 is 2.25 bits per heavy atom. The van der Waals surface area contributed by atoms with Gasteiger partial charge < -0.3 is 9.26 Å². The summed E-state index contributed by atoms with van der Waals surface area (Å²) in [5, 5.41) is 3.86. The fourth-order valence-electron chi connectivity index (χ4n) is 3.08. The van der Waals surface area contributed by atoms with Crippen molar-refractivity contribution in [1.82, 2.24) is 15.0 Å². The minimum absolute atomic E-state index is 0.0934. The fraction of sp³-hybridized carbons (Fsp3) is 0.733. The number of ether oxygens (including phenoxy) is 1. The molecule has 1 aromatic rings. The highest BCUT2D eigenvalue weighted by atomic mass is 16.5. The number of aromatic nitrogens is 2. The molecule has 2 aliphatic rings. The number of allylic oxidation sites excluding steroid dienone is 1. The molecule has 0 amide bonds. The maximum absolute atomic E-state index is 5.95. The highest BCUT2D eigenvalue weighted by molar-refractivity contribution is 5.08. The Balaban J connectivity index is 1.65. The van der Waals surface area contributed by atoms with Gasteiger partial charge in [0.1, 0.15) is 6.10 Å². The molecule has 1 aliphatic heterocycles. The second kappa shape index (κ2) is 6.06. The Kier molecular flexibility index (Phi) is 4.17. The SMILES string of the molecule is Cc1noc([C@H]2CN(CC3=CCCCC3)C[C@@H](C)O2)n1.